The molecule has 0 radical (unpaired) electrons. The molecule has 0 atom stereocenters. The molecule has 1 aliphatic heterocycles. The minimum absolute atomic E-state index is 0.386. The number of rotatable bonds is 3. The van der Waals surface area contributed by atoms with Gasteiger partial charge in [0.15, 0.2) is 0 Å². The molecule has 1 aromatic rings. The van der Waals surface area contributed by atoms with E-state index >= 15 is 0 Å². The minimum Gasteiger partial charge on any atom is -0.466 e. The molecule has 0 aromatic carbocycles. The van der Waals surface area contributed by atoms with E-state index in [1.165, 1.54) is 25.6 Å². The van der Waals surface area contributed by atoms with E-state index in [0.29, 0.717) is 11.1 Å². The highest BCUT2D eigenvalue weighted by Gasteiger charge is 2.34. The fraction of sp³-hybridized carbons (Fsp3) is 0.286. The lowest BCUT2D eigenvalue weighted by molar-refractivity contribution is -0.137. The van der Waals surface area contributed by atoms with Crippen LogP contribution in [0.25, 0.3) is 0 Å². The Morgan fingerprint density at radius 3 is 2.05 bits per heavy atom. The third-order valence-electron chi connectivity index (χ3n) is 2.99. The molecular weight excluding hydrogens is 278 g/mol. The van der Waals surface area contributed by atoms with Gasteiger partial charge in [-0.05, 0) is 19.1 Å². The van der Waals surface area contributed by atoms with Crippen molar-refractivity contribution >= 4 is 23.3 Å². The van der Waals surface area contributed by atoms with Crippen LogP contribution in [0.15, 0.2) is 35.7 Å². The maximum atomic E-state index is 11.9. The summed E-state index contributed by atoms with van der Waals surface area (Å²) in [7, 11) is 2.63. The smallest absolute Gasteiger partial charge is 0.336 e. The molecule has 0 fully saturated rings. The third-order valence-corrected chi connectivity index (χ3v) is 4.05. The number of thiophene rings is 1. The number of hydrogen-bond donors (Lipinski definition) is 1. The van der Waals surface area contributed by atoms with Gasteiger partial charge < -0.3 is 14.8 Å². The maximum absolute atomic E-state index is 11.9. The molecule has 0 spiro atoms. The second-order valence-corrected chi connectivity index (χ2v) is 5.55. The summed E-state index contributed by atoms with van der Waals surface area (Å²) < 4.78 is 9.58. The summed E-state index contributed by atoms with van der Waals surface area (Å²) in [5.74, 6) is -1.40. The number of aryl methyl sites for hydroxylation is 1. The number of hydrogen-bond acceptors (Lipinski definition) is 6. The topological polar surface area (TPSA) is 64.6 Å². The largest absolute Gasteiger partial charge is 0.466 e. The van der Waals surface area contributed by atoms with E-state index < -0.39 is 17.9 Å². The van der Waals surface area contributed by atoms with Crippen LogP contribution in [0, 0.1) is 6.92 Å². The predicted octanol–water partition coefficient (Wildman–Crippen LogP) is 1.86. The molecular formula is C14H15NO4S. The van der Waals surface area contributed by atoms with Crippen molar-refractivity contribution < 1.29 is 19.1 Å². The van der Waals surface area contributed by atoms with Crippen LogP contribution in [0.4, 0.5) is 0 Å². The van der Waals surface area contributed by atoms with Crippen molar-refractivity contribution in [1.82, 2.24) is 5.32 Å². The van der Waals surface area contributed by atoms with Gasteiger partial charge in [-0.15, -0.1) is 11.3 Å². The zero-order valence-corrected chi connectivity index (χ0v) is 12.2. The molecule has 0 saturated carbocycles. The van der Waals surface area contributed by atoms with Gasteiger partial charge in [0.2, 0.25) is 0 Å². The standard InChI is InChI=1S/C14H15NO4S/c1-8-4-5-11(20-8)12-9(13(16)18-2)6-15-7-10(12)14(17)19-3/h4-7,12,15H,1-3H3. The molecule has 0 amide bonds. The van der Waals surface area contributed by atoms with Gasteiger partial charge in [-0.25, -0.2) is 9.59 Å². The van der Waals surface area contributed by atoms with Crippen LogP contribution in [0.2, 0.25) is 0 Å². The summed E-state index contributed by atoms with van der Waals surface area (Å²) in [5.41, 5.74) is 0.773. The zero-order chi connectivity index (χ0) is 14.7. The van der Waals surface area contributed by atoms with Crippen LogP contribution >= 0.6 is 11.3 Å². The quantitative estimate of drug-likeness (QED) is 0.862. The molecule has 6 heteroatoms. The molecule has 1 N–H and O–H groups in total. The first-order valence-electron chi connectivity index (χ1n) is 5.97. The number of carbonyl (C=O) groups excluding carboxylic acids is 2. The van der Waals surface area contributed by atoms with E-state index in [-0.39, 0.29) is 0 Å². The van der Waals surface area contributed by atoms with Crippen molar-refractivity contribution in [1.29, 1.82) is 0 Å². The highest BCUT2D eigenvalue weighted by molar-refractivity contribution is 7.12. The van der Waals surface area contributed by atoms with Gasteiger partial charge in [-0.3, -0.25) is 0 Å². The predicted molar refractivity (Wildman–Crippen MR) is 75.1 cm³/mol. The van der Waals surface area contributed by atoms with Gasteiger partial charge in [0.25, 0.3) is 0 Å². The Kier molecular flexibility index (Phi) is 4.24. The lowest BCUT2D eigenvalue weighted by Gasteiger charge is -2.23. The van der Waals surface area contributed by atoms with E-state index in [2.05, 4.69) is 5.32 Å². The van der Waals surface area contributed by atoms with Crippen molar-refractivity contribution in [3.05, 3.63) is 45.4 Å². The average Bonchev–Trinajstić information content (AvgIpc) is 2.91. The Labute approximate surface area is 120 Å². The fourth-order valence-corrected chi connectivity index (χ4v) is 3.08. The van der Waals surface area contributed by atoms with Crippen LogP contribution in [-0.2, 0) is 19.1 Å². The molecule has 0 bridgehead atoms. The average molecular weight is 293 g/mol. The van der Waals surface area contributed by atoms with E-state index in [0.717, 1.165) is 9.75 Å². The van der Waals surface area contributed by atoms with Gasteiger partial charge >= 0.3 is 11.9 Å². The summed E-state index contributed by atoms with van der Waals surface area (Å²) in [4.78, 5) is 25.8. The van der Waals surface area contributed by atoms with Crippen molar-refractivity contribution in [2.24, 2.45) is 0 Å². The van der Waals surface area contributed by atoms with Crippen LogP contribution < -0.4 is 5.32 Å². The summed E-state index contributed by atoms with van der Waals surface area (Å²) >= 11 is 1.53. The summed E-state index contributed by atoms with van der Waals surface area (Å²) in [5, 5.41) is 2.80. The highest BCUT2D eigenvalue weighted by Crippen LogP contribution is 2.38. The number of ether oxygens (including phenoxy) is 2. The van der Waals surface area contributed by atoms with Crippen molar-refractivity contribution in [3.63, 3.8) is 0 Å². The number of esters is 2. The molecule has 106 valence electrons. The molecule has 0 aliphatic carbocycles. The highest BCUT2D eigenvalue weighted by atomic mass is 32.1. The zero-order valence-electron chi connectivity index (χ0n) is 11.4. The fourth-order valence-electron chi connectivity index (χ4n) is 2.06. The van der Waals surface area contributed by atoms with Crippen molar-refractivity contribution in [3.8, 4) is 0 Å². The molecule has 20 heavy (non-hydrogen) atoms. The Morgan fingerprint density at radius 1 is 1.10 bits per heavy atom. The number of dihydropyridines is 1. The van der Waals surface area contributed by atoms with Gasteiger partial charge in [-0.1, -0.05) is 0 Å². The number of nitrogens with one attached hydrogen (secondary N) is 1. The monoisotopic (exact) mass is 293 g/mol. The first-order chi connectivity index (χ1) is 9.58. The maximum Gasteiger partial charge on any atom is 0.336 e. The Morgan fingerprint density at radius 2 is 1.65 bits per heavy atom. The summed E-state index contributed by atoms with van der Waals surface area (Å²) in [6.45, 7) is 1.97. The summed E-state index contributed by atoms with van der Waals surface area (Å²) in [6, 6.07) is 3.86. The Bertz CT molecular complexity index is 568. The van der Waals surface area contributed by atoms with E-state index in [4.69, 9.17) is 9.47 Å². The molecule has 1 aromatic heterocycles. The minimum atomic E-state index is -0.469. The second kappa shape index (κ2) is 5.92. The van der Waals surface area contributed by atoms with Gasteiger partial charge in [-0.2, -0.15) is 0 Å². The Hall–Kier alpha value is -2.08. The number of carbonyl (C=O) groups is 2. The first-order valence-corrected chi connectivity index (χ1v) is 6.79. The lowest BCUT2D eigenvalue weighted by atomic mass is 9.88. The molecule has 1 aliphatic rings. The lowest BCUT2D eigenvalue weighted by Crippen LogP contribution is -2.25. The van der Waals surface area contributed by atoms with Gasteiger partial charge in [0.05, 0.1) is 31.3 Å². The molecule has 2 rings (SSSR count). The molecule has 0 unspecified atom stereocenters. The molecule has 5 nitrogen and oxygen atoms in total. The Balaban J connectivity index is 2.47. The summed E-state index contributed by atoms with van der Waals surface area (Å²) in [6.07, 6.45) is 3.11. The van der Waals surface area contributed by atoms with Crippen molar-refractivity contribution in [2.75, 3.05) is 14.2 Å². The van der Waals surface area contributed by atoms with Gasteiger partial charge in [0, 0.05) is 22.2 Å². The molecule has 0 saturated heterocycles. The van der Waals surface area contributed by atoms with Crippen molar-refractivity contribution in [2.45, 2.75) is 12.8 Å². The van der Waals surface area contributed by atoms with E-state index in [1.54, 1.807) is 12.4 Å². The first kappa shape index (κ1) is 14.3. The normalized spacial score (nSPS) is 14.9. The number of methoxy groups -OCH3 is 2. The molecule has 2 heterocycles. The van der Waals surface area contributed by atoms with Gasteiger partial charge in [0.1, 0.15) is 0 Å². The van der Waals surface area contributed by atoms with Crippen LogP contribution in [-0.4, -0.2) is 26.2 Å². The van der Waals surface area contributed by atoms with Crippen LogP contribution in [0.3, 0.4) is 0 Å². The van der Waals surface area contributed by atoms with Crippen LogP contribution in [0.5, 0.6) is 0 Å². The van der Waals surface area contributed by atoms with E-state index in [1.807, 2.05) is 19.1 Å². The van der Waals surface area contributed by atoms with E-state index in [9.17, 15) is 9.59 Å². The SMILES string of the molecule is COC(=O)C1=CNC=C(C(=O)OC)C1c1ccc(C)s1. The second-order valence-electron chi connectivity index (χ2n) is 4.23. The van der Waals surface area contributed by atoms with Crippen LogP contribution in [0.1, 0.15) is 15.7 Å². The third kappa shape index (κ3) is 2.60.